The van der Waals surface area contributed by atoms with Gasteiger partial charge in [0.2, 0.25) is 5.88 Å². The van der Waals surface area contributed by atoms with Crippen LogP contribution in [0.4, 0.5) is 11.5 Å². The smallest absolute Gasteiger partial charge is 0.310 e. The molecular formula is C19H24N4O4. The van der Waals surface area contributed by atoms with Crippen LogP contribution < -0.4 is 20.1 Å². The van der Waals surface area contributed by atoms with Crippen molar-refractivity contribution in [2.75, 3.05) is 37.4 Å². The van der Waals surface area contributed by atoms with Crippen LogP contribution in [-0.4, -0.2) is 42.7 Å². The number of ether oxygens (including phenoxy) is 3. The van der Waals surface area contributed by atoms with Gasteiger partial charge in [-0.2, -0.15) is 4.98 Å². The fourth-order valence-electron chi connectivity index (χ4n) is 3.13. The number of rotatable bonds is 6. The molecular weight excluding hydrogens is 348 g/mol. The summed E-state index contributed by atoms with van der Waals surface area (Å²) in [4.78, 5) is 22.5. The quantitative estimate of drug-likeness (QED) is 0.773. The number of piperidine rings is 1. The minimum atomic E-state index is -0.188. The summed E-state index contributed by atoms with van der Waals surface area (Å²) < 4.78 is 16.3. The second-order valence-electron chi connectivity index (χ2n) is 6.21. The van der Waals surface area contributed by atoms with Crippen molar-refractivity contribution in [3.05, 3.63) is 30.6 Å². The first-order valence-corrected chi connectivity index (χ1v) is 8.97. The minimum Gasteiger partial charge on any atom is -0.493 e. The summed E-state index contributed by atoms with van der Waals surface area (Å²) in [6, 6.07) is 7.26. The molecule has 1 aromatic carbocycles. The second-order valence-corrected chi connectivity index (χ2v) is 6.21. The summed E-state index contributed by atoms with van der Waals surface area (Å²) in [5, 5.41) is 0. The van der Waals surface area contributed by atoms with Crippen molar-refractivity contribution in [3.63, 3.8) is 0 Å². The number of methoxy groups -OCH3 is 1. The van der Waals surface area contributed by atoms with Crippen molar-refractivity contribution in [2.24, 2.45) is 5.92 Å². The number of nitrogen functional groups attached to an aromatic ring is 1. The molecule has 2 heterocycles. The highest BCUT2D eigenvalue weighted by molar-refractivity contribution is 5.75. The number of hydrogen-bond donors (Lipinski definition) is 1. The molecule has 3 rings (SSSR count). The average Bonchev–Trinajstić information content (AvgIpc) is 2.70. The lowest BCUT2D eigenvalue weighted by atomic mass is 9.98. The predicted octanol–water partition coefficient (Wildman–Crippen LogP) is 2.64. The van der Waals surface area contributed by atoms with E-state index in [9.17, 15) is 4.79 Å². The Morgan fingerprint density at radius 2 is 2.07 bits per heavy atom. The third-order valence-electron chi connectivity index (χ3n) is 4.44. The maximum absolute atomic E-state index is 12.1. The van der Waals surface area contributed by atoms with Gasteiger partial charge >= 0.3 is 5.97 Å². The van der Waals surface area contributed by atoms with Crippen LogP contribution in [0.2, 0.25) is 0 Å². The van der Waals surface area contributed by atoms with Gasteiger partial charge in [0.05, 0.1) is 19.6 Å². The van der Waals surface area contributed by atoms with Gasteiger partial charge in [-0.05, 0) is 31.9 Å². The van der Waals surface area contributed by atoms with Gasteiger partial charge in [-0.15, -0.1) is 0 Å². The molecule has 0 radical (unpaired) electrons. The summed E-state index contributed by atoms with van der Waals surface area (Å²) in [6.07, 6.45) is 3.06. The molecule has 0 bridgehead atoms. The van der Waals surface area contributed by atoms with E-state index in [4.69, 9.17) is 19.9 Å². The molecule has 0 aliphatic carbocycles. The molecule has 2 aromatic rings. The largest absolute Gasteiger partial charge is 0.493 e. The van der Waals surface area contributed by atoms with E-state index in [1.165, 1.54) is 6.33 Å². The van der Waals surface area contributed by atoms with E-state index in [0.717, 1.165) is 19.4 Å². The first kappa shape index (κ1) is 18.8. The molecule has 1 fully saturated rings. The number of benzene rings is 1. The number of esters is 1. The molecule has 1 aromatic heterocycles. The Balaban J connectivity index is 1.81. The van der Waals surface area contributed by atoms with Gasteiger partial charge < -0.3 is 24.8 Å². The first-order chi connectivity index (χ1) is 13.1. The summed E-state index contributed by atoms with van der Waals surface area (Å²) >= 11 is 0. The standard InChI is InChI=1S/C19H24N4O4/c1-3-26-19(24)13-7-6-10-23(11-13)17-16(20)18(22-12-21-17)27-15-9-5-4-8-14(15)25-2/h4-5,8-9,12-13H,3,6-7,10-11,20H2,1-2H3. The Kier molecular flexibility index (Phi) is 5.95. The number of anilines is 2. The Hall–Kier alpha value is -3.03. The molecule has 2 N–H and O–H groups in total. The maximum Gasteiger partial charge on any atom is 0.310 e. The van der Waals surface area contributed by atoms with Crippen LogP contribution in [0.15, 0.2) is 30.6 Å². The molecule has 1 aliphatic heterocycles. The van der Waals surface area contributed by atoms with Crippen molar-refractivity contribution in [1.29, 1.82) is 0 Å². The summed E-state index contributed by atoms with van der Waals surface area (Å²) in [7, 11) is 1.57. The Labute approximate surface area is 158 Å². The van der Waals surface area contributed by atoms with Crippen molar-refractivity contribution in [1.82, 2.24) is 9.97 Å². The van der Waals surface area contributed by atoms with E-state index in [2.05, 4.69) is 9.97 Å². The highest BCUT2D eigenvalue weighted by atomic mass is 16.5. The van der Waals surface area contributed by atoms with Gasteiger partial charge in [0.1, 0.15) is 12.0 Å². The number of hydrogen-bond acceptors (Lipinski definition) is 8. The highest BCUT2D eigenvalue weighted by Crippen LogP contribution is 2.36. The molecule has 144 valence electrons. The van der Waals surface area contributed by atoms with Gasteiger partial charge in [-0.3, -0.25) is 4.79 Å². The molecule has 27 heavy (non-hydrogen) atoms. The summed E-state index contributed by atoms with van der Waals surface area (Å²) in [6.45, 7) is 3.45. The number of carbonyl (C=O) groups is 1. The molecule has 1 aliphatic rings. The lowest BCUT2D eigenvalue weighted by Gasteiger charge is -2.33. The maximum atomic E-state index is 12.1. The van der Waals surface area contributed by atoms with E-state index in [0.29, 0.717) is 36.2 Å². The zero-order valence-electron chi connectivity index (χ0n) is 15.6. The summed E-state index contributed by atoms with van der Waals surface area (Å²) in [5.74, 6) is 1.54. The Bertz CT molecular complexity index is 799. The van der Waals surface area contributed by atoms with Gasteiger partial charge in [0, 0.05) is 13.1 Å². The third kappa shape index (κ3) is 4.21. The van der Waals surface area contributed by atoms with Crippen LogP contribution in [0.5, 0.6) is 17.4 Å². The number of nitrogens with zero attached hydrogens (tertiary/aromatic N) is 3. The van der Waals surface area contributed by atoms with Crippen molar-refractivity contribution in [3.8, 4) is 17.4 Å². The van der Waals surface area contributed by atoms with E-state index in [1.807, 2.05) is 24.0 Å². The summed E-state index contributed by atoms with van der Waals surface area (Å²) in [5.41, 5.74) is 6.61. The first-order valence-electron chi connectivity index (χ1n) is 8.97. The van der Waals surface area contributed by atoms with Crippen molar-refractivity contribution >= 4 is 17.5 Å². The molecule has 0 amide bonds. The minimum absolute atomic E-state index is 0.180. The lowest BCUT2D eigenvalue weighted by molar-refractivity contribution is -0.148. The van der Waals surface area contributed by atoms with Crippen LogP contribution >= 0.6 is 0 Å². The van der Waals surface area contributed by atoms with Crippen LogP contribution in [0.1, 0.15) is 19.8 Å². The van der Waals surface area contributed by atoms with E-state index < -0.39 is 0 Å². The van der Waals surface area contributed by atoms with Crippen LogP contribution in [-0.2, 0) is 9.53 Å². The normalized spacial score (nSPS) is 16.7. The number of aromatic nitrogens is 2. The van der Waals surface area contributed by atoms with Gasteiger partial charge in [-0.1, -0.05) is 12.1 Å². The fraction of sp³-hybridized carbons (Fsp3) is 0.421. The molecule has 1 saturated heterocycles. The van der Waals surface area contributed by atoms with Gasteiger partial charge in [0.15, 0.2) is 17.3 Å². The third-order valence-corrected chi connectivity index (χ3v) is 4.44. The number of nitrogens with two attached hydrogens (primary N) is 1. The monoisotopic (exact) mass is 372 g/mol. The van der Waals surface area contributed by atoms with E-state index in [1.54, 1.807) is 19.2 Å². The lowest BCUT2D eigenvalue weighted by Crippen LogP contribution is -2.40. The zero-order valence-corrected chi connectivity index (χ0v) is 15.6. The van der Waals surface area contributed by atoms with Gasteiger partial charge in [-0.25, -0.2) is 4.98 Å². The second kappa shape index (κ2) is 8.57. The fourth-order valence-corrected chi connectivity index (χ4v) is 3.13. The zero-order chi connectivity index (χ0) is 19.2. The predicted molar refractivity (Wildman–Crippen MR) is 101 cm³/mol. The molecule has 0 saturated carbocycles. The molecule has 8 heteroatoms. The van der Waals surface area contributed by atoms with E-state index in [-0.39, 0.29) is 17.8 Å². The number of carbonyl (C=O) groups excluding carboxylic acids is 1. The van der Waals surface area contributed by atoms with Crippen molar-refractivity contribution in [2.45, 2.75) is 19.8 Å². The van der Waals surface area contributed by atoms with Crippen LogP contribution in [0, 0.1) is 5.92 Å². The average molecular weight is 372 g/mol. The highest BCUT2D eigenvalue weighted by Gasteiger charge is 2.29. The van der Waals surface area contributed by atoms with Crippen molar-refractivity contribution < 1.29 is 19.0 Å². The molecule has 1 atom stereocenters. The number of para-hydroxylation sites is 2. The molecule has 8 nitrogen and oxygen atoms in total. The van der Waals surface area contributed by atoms with Crippen LogP contribution in [0.25, 0.3) is 0 Å². The molecule has 1 unspecified atom stereocenters. The van der Waals surface area contributed by atoms with E-state index >= 15 is 0 Å². The Morgan fingerprint density at radius 1 is 1.30 bits per heavy atom. The van der Waals surface area contributed by atoms with Gasteiger partial charge in [0.25, 0.3) is 0 Å². The Morgan fingerprint density at radius 3 is 2.81 bits per heavy atom. The molecule has 0 spiro atoms. The topological polar surface area (TPSA) is 99.8 Å². The SMILES string of the molecule is CCOC(=O)C1CCCN(c2ncnc(Oc3ccccc3OC)c2N)C1. The van der Waals surface area contributed by atoms with Crippen LogP contribution in [0.3, 0.4) is 0 Å².